The van der Waals surface area contributed by atoms with Gasteiger partial charge in [0.2, 0.25) is 5.95 Å². The van der Waals surface area contributed by atoms with Crippen molar-refractivity contribution >= 4 is 33.3 Å². The number of thiophene rings is 1. The van der Waals surface area contributed by atoms with Gasteiger partial charge in [0.1, 0.15) is 4.21 Å². The number of anilines is 1. The molecule has 2 heterocycles. The van der Waals surface area contributed by atoms with Crippen molar-refractivity contribution in [3.05, 3.63) is 29.4 Å². The van der Waals surface area contributed by atoms with Crippen LogP contribution in [-0.4, -0.2) is 29.5 Å². The third-order valence-electron chi connectivity index (χ3n) is 1.96. The molecule has 2 aromatic heterocycles. The van der Waals surface area contributed by atoms with E-state index in [-0.39, 0.29) is 16.6 Å². The Morgan fingerprint density at radius 3 is 2.89 bits per heavy atom. The number of hydrogen-bond donors (Lipinski definition) is 3. The highest BCUT2D eigenvalue weighted by Gasteiger charge is 2.18. The minimum Gasteiger partial charge on any atom is -0.481 e. The fourth-order valence-corrected chi connectivity index (χ4v) is 3.57. The molecule has 0 aromatic carbocycles. The molecule has 0 fully saturated rings. The molecule has 0 spiro atoms. The number of sulfonamides is 1. The summed E-state index contributed by atoms with van der Waals surface area (Å²) in [7, 11) is -3.72. The number of carboxylic acids is 1. The second kappa shape index (κ2) is 4.78. The van der Waals surface area contributed by atoms with Crippen LogP contribution in [-0.2, 0) is 21.2 Å². The van der Waals surface area contributed by atoms with Gasteiger partial charge in [-0.15, -0.1) is 11.3 Å². The van der Waals surface area contributed by atoms with Gasteiger partial charge in [0, 0.05) is 17.3 Å². The molecule has 2 rings (SSSR count). The standard InChI is InChI=1S/C9H9N3O4S2/c13-7(14)5-6-1-2-8(17-6)18(15,16)12-9-10-3-4-11-9/h1-4H,5H2,(H,13,14)(H2,10,11,12). The zero-order chi connectivity index (χ0) is 13.2. The second-order valence-electron chi connectivity index (χ2n) is 3.33. The summed E-state index contributed by atoms with van der Waals surface area (Å²) >= 11 is 0.917. The maximum atomic E-state index is 11.9. The Morgan fingerprint density at radius 2 is 2.28 bits per heavy atom. The number of carbonyl (C=O) groups is 1. The lowest BCUT2D eigenvalue weighted by Crippen LogP contribution is -2.12. The van der Waals surface area contributed by atoms with Gasteiger partial charge in [-0.2, -0.15) is 0 Å². The number of rotatable bonds is 5. The number of H-pyrrole nitrogens is 1. The first kappa shape index (κ1) is 12.6. The van der Waals surface area contributed by atoms with E-state index in [2.05, 4.69) is 14.7 Å². The Labute approximate surface area is 107 Å². The monoisotopic (exact) mass is 287 g/mol. The fraction of sp³-hybridized carbons (Fsp3) is 0.111. The third kappa shape index (κ3) is 2.87. The lowest BCUT2D eigenvalue weighted by Gasteiger charge is -2.01. The molecule has 7 nitrogen and oxygen atoms in total. The van der Waals surface area contributed by atoms with E-state index in [0.717, 1.165) is 11.3 Å². The van der Waals surface area contributed by atoms with Gasteiger partial charge in [0.15, 0.2) is 0 Å². The number of aromatic amines is 1. The average molecular weight is 287 g/mol. The number of hydrogen-bond acceptors (Lipinski definition) is 5. The molecule has 18 heavy (non-hydrogen) atoms. The Hall–Kier alpha value is -1.87. The molecule has 0 bridgehead atoms. The molecule has 0 atom stereocenters. The van der Waals surface area contributed by atoms with E-state index in [1.807, 2.05) is 0 Å². The Morgan fingerprint density at radius 1 is 1.50 bits per heavy atom. The van der Waals surface area contributed by atoms with Crippen LogP contribution in [0.5, 0.6) is 0 Å². The summed E-state index contributed by atoms with van der Waals surface area (Å²) in [6, 6.07) is 2.85. The van der Waals surface area contributed by atoms with Crippen molar-refractivity contribution in [2.24, 2.45) is 0 Å². The smallest absolute Gasteiger partial charge is 0.308 e. The first-order chi connectivity index (χ1) is 8.47. The Kier molecular flexibility index (Phi) is 3.34. The maximum absolute atomic E-state index is 11.9. The summed E-state index contributed by atoms with van der Waals surface area (Å²) in [5.41, 5.74) is 0. The van der Waals surface area contributed by atoms with Crippen LogP contribution in [0.25, 0.3) is 0 Å². The predicted molar refractivity (Wildman–Crippen MR) is 65.1 cm³/mol. The molecule has 0 amide bonds. The Balaban J connectivity index is 2.19. The molecule has 96 valence electrons. The van der Waals surface area contributed by atoms with Gasteiger partial charge in [0.25, 0.3) is 10.0 Å². The first-order valence-electron chi connectivity index (χ1n) is 4.80. The fourth-order valence-electron chi connectivity index (χ4n) is 1.25. The molecule has 0 unspecified atom stereocenters. The van der Waals surface area contributed by atoms with Crippen molar-refractivity contribution in [2.45, 2.75) is 10.6 Å². The molecule has 0 aliphatic carbocycles. The van der Waals surface area contributed by atoms with Crippen molar-refractivity contribution in [3.8, 4) is 0 Å². The minimum atomic E-state index is -3.72. The van der Waals surface area contributed by atoms with Gasteiger partial charge in [-0.25, -0.2) is 18.1 Å². The Bertz CT molecular complexity index is 645. The highest BCUT2D eigenvalue weighted by Crippen LogP contribution is 2.23. The number of aromatic nitrogens is 2. The molecular formula is C9H9N3O4S2. The summed E-state index contributed by atoms with van der Waals surface area (Å²) in [5, 5.41) is 8.61. The number of nitrogens with zero attached hydrogens (tertiary/aromatic N) is 1. The number of aliphatic carboxylic acids is 1. The molecule has 0 saturated carbocycles. The number of nitrogens with one attached hydrogen (secondary N) is 2. The van der Waals surface area contributed by atoms with Crippen LogP contribution in [0.1, 0.15) is 4.88 Å². The molecular weight excluding hydrogens is 278 g/mol. The highest BCUT2D eigenvalue weighted by molar-refractivity contribution is 7.94. The number of imidazole rings is 1. The van der Waals surface area contributed by atoms with E-state index in [0.29, 0.717) is 4.88 Å². The summed E-state index contributed by atoms with van der Waals surface area (Å²) in [5.74, 6) is -0.886. The minimum absolute atomic E-state index is 0.0511. The summed E-state index contributed by atoms with van der Waals surface area (Å²) in [6.07, 6.45) is 2.71. The van der Waals surface area contributed by atoms with Crippen molar-refractivity contribution < 1.29 is 18.3 Å². The second-order valence-corrected chi connectivity index (χ2v) is 6.41. The van der Waals surface area contributed by atoms with Gasteiger partial charge < -0.3 is 10.1 Å². The van der Waals surface area contributed by atoms with Gasteiger partial charge in [-0.3, -0.25) is 4.79 Å². The molecule has 2 aromatic rings. The lowest BCUT2D eigenvalue weighted by atomic mass is 10.3. The van der Waals surface area contributed by atoms with Crippen LogP contribution in [0.15, 0.2) is 28.7 Å². The van der Waals surface area contributed by atoms with E-state index < -0.39 is 16.0 Å². The summed E-state index contributed by atoms with van der Waals surface area (Å²) in [6.45, 7) is 0. The summed E-state index contributed by atoms with van der Waals surface area (Å²) < 4.78 is 26.1. The third-order valence-corrected chi connectivity index (χ3v) is 4.87. The van der Waals surface area contributed by atoms with E-state index >= 15 is 0 Å². The molecule has 0 radical (unpaired) electrons. The van der Waals surface area contributed by atoms with Crippen LogP contribution in [0.3, 0.4) is 0 Å². The van der Waals surface area contributed by atoms with E-state index in [1.165, 1.54) is 24.5 Å². The van der Waals surface area contributed by atoms with Gasteiger partial charge in [0.05, 0.1) is 6.42 Å². The predicted octanol–water partition coefficient (Wildman–Crippen LogP) is 0.899. The molecule has 0 aliphatic rings. The van der Waals surface area contributed by atoms with Crippen molar-refractivity contribution in [3.63, 3.8) is 0 Å². The average Bonchev–Trinajstić information content (AvgIpc) is 2.87. The van der Waals surface area contributed by atoms with Crippen LogP contribution >= 0.6 is 11.3 Å². The van der Waals surface area contributed by atoms with E-state index in [9.17, 15) is 13.2 Å². The molecule has 9 heteroatoms. The van der Waals surface area contributed by atoms with E-state index in [1.54, 1.807) is 0 Å². The lowest BCUT2D eigenvalue weighted by molar-refractivity contribution is -0.136. The van der Waals surface area contributed by atoms with Crippen molar-refractivity contribution in [1.29, 1.82) is 0 Å². The first-order valence-corrected chi connectivity index (χ1v) is 7.10. The van der Waals surface area contributed by atoms with Crippen LogP contribution in [0.4, 0.5) is 5.95 Å². The quantitative estimate of drug-likeness (QED) is 0.756. The van der Waals surface area contributed by atoms with Gasteiger partial charge in [-0.1, -0.05) is 0 Å². The highest BCUT2D eigenvalue weighted by atomic mass is 32.2. The van der Waals surface area contributed by atoms with Crippen LogP contribution in [0.2, 0.25) is 0 Å². The van der Waals surface area contributed by atoms with Crippen molar-refractivity contribution in [2.75, 3.05) is 4.72 Å². The number of carboxylic acid groups (broad SMARTS) is 1. The maximum Gasteiger partial charge on any atom is 0.308 e. The topological polar surface area (TPSA) is 112 Å². The normalized spacial score (nSPS) is 11.3. The largest absolute Gasteiger partial charge is 0.481 e. The van der Waals surface area contributed by atoms with E-state index in [4.69, 9.17) is 5.11 Å². The molecule has 0 aliphatic heterocycles. The zero-order valence-electron chi connectivity index (χ0n) is 8.95. The van der Waals surface area contributed by atoms with Crippen LogP contribution in [0, 0.1) is 0 Å². The summed E-state index contributed by atoms with van der Waals surface area (Å²) in [4.78, 5) is 17.3. The molecule has 0 saturated heterocycles. The molecule has 3 N–H and O–H groups in total. The van der Waals surface area contributed by atoms with Gasteiger partial charge >= 0.3 is 5.97 Å². The van der Waals surface area contributed by atoms with Crippen molar-refractivity contribution in [1.82, 2.24) is 9.97 Å². The zero-order valence-corrected chi connectivity index (χ0v) is 10.6. The van der Waals surface area contributed by atoms with Gasteiger partial charge in [-0.05, 0) is 12.1 Å². The van der Waals surface area contributed by atoms with Crippen LogP contribution < -0.4 is 4.72 Å². The SMILES string of the molecule is O=C(O)Cc1ccc(S(=O)(=O)Nc2ncc[nH]2)s1.